The van der Waals surface area contributed by atoms with Gasteiger partial charge in [-0.15, -0.1) is 0 Å². The van der Waals surface area contributed by atoms with Crippen molar-refractivity contribution in [2.45, 2.75) is 25.8 Å². The van der Waals surface area contributed by atoms with Crippen LogP contribution in [0.5, 0.6) is 0 Å². The molecule has 1 saturated carbocycles. The Hall–Kier alpha value is -2.95. The van der Waals surface area contributed by atoms with Crippen LogP contribution in [0.15, 0.2) is 48.8 Å². The summed E-state index contributed by atoms with van der Waals surface area (Å²) < 4.78 is 2.02. The van der Waals surface area contributed by atoms with Gasteiger partial charge in [0.15, 0.2) is 5.65 Å². The number of benzene rings is 2. The Morgan fingerprint density at radius 1 is 1.04 bits per heavy atom. The smallest absolute Gasteiger partial charge is 0.163 e. The number of nitrogen functional groups attached to an aromatic ring is 1. The summed E-state index contributed by atoms with van der Waals surface area (Å²) in [6.07, 6.45) is 4.82. The van der Waals surface area contributed by atoms with Gasteiger partial charge in [0, 0.05) is 13.0 Å². The number of anilines is 1. The highest BCUT2D eigenvalue weighted by molar-refractivity contribution is 5.90. The van der Waals surface area contributed by atoms with Crippen LogP contribution in [-0.4, -0.2) is 19.7 Å². The molecule has 0 spiro atoms. The predicted molar refractivity (Wildman–Crippen MR) is 99.2 cm³/mol. The van der Waals surface area contributed by atoms with Crippen molar-refractivity contribution >= 4 is 27.6 Å². The van der Waals surface area contributed by atoms with Crippen LogP contribution in [0.25, 0.3) is 21.8 Å². The van der Waals surface area contributed by atoms with Crippen LogP contribution in [0.3, 0.4) is 0 Å². The van der Waals surface area contributed by atoms with E-state index in [1.807, 2.05) is 4.68 Å². The number of rotatable bonds is 4. The van der Waals surface area contributed by atoms with Crippen molar-refractivity contribution in [3.05, 3.63) is 60.0 Å². The molecule has 1 aliphatic carbocycles. The molecule has 1 fully saturated rings. The molecule has 124 valence electrons. The standard InChI is InChI=1S/C20H19N5/c21-19-18-17(10-15-6-3-5-14-4-1-2-7-16(14)15)24-25(11-13-8-9-13)20(18)23-12-22-19/h1-7,12-13H,8-11H2,(H2,21,22,23). The molecule has 0 unspecified atom stereocenters. The van der Waals surface area contributed by atoms with E-state index >= 15 is 0 Å². The molecule has 0 amide bonds. The highest BCUT2D eigenvalue weighted by Crippen LogP contribution is 2.33. The molecule has 2 aromatic carbocycles. The second-order valence-corrected chi connectivity index (χ2v) is 6.84. The molecule has 0 atom stereocenters. The third-order valence-electron chi connectivity index (χ3n) is 5.00. The van der Waals surface area contributed by atoms with Crippen molar-refractivity contribution in [3.8, 4) is 0 Å². The molecular weight excluding hydrogens is 310 g/mol. The summed E-state index contributed by atoms with van der Waals surface area (Å²) in [6, 6.07) is 14.8. The van der Waals surface area contributed by atoms with Crippen molar-refractivity contribution in [3.63, 3.8) is 0 Å². The van der Waals surface area contributed by atoms with Crippen LogP contribution in [0.1, 0.15) is 24.1 Å². The molecule has 2 heterocycles. The molecular formula is C20H19N5. The molecule has 25 heavy (non-hydrogen) atoms. The van der Waals surface area contributed by atoms with Gasteiger partial charge in [0.05, 0.1) is 11.1 Å². The Bertz CT molecular complexity index is 1070. The van der Waals surface area contributed by atoms with Gasteiger partial charge >= 0.3 is 0 Å². The van der Waals surface area contributed by atoms with Gasteiger partial charge in [0.1, 0.15) is 12.1 Å². The van der Waals surface area contributed by atoms with E-state index in [-0.39, 0.29) is 0 Å². The van der Waals surface area contributed by atoms with Crippen LogP contribution in [0.2, 0.25) is 0 Å². The second kappa shape index (κ2) is 5.55. The maximum Gasteiger partial charge on any atom is 0.163 e. The minimum absolute atomic E-state index is 0.516. The van der Waals surface area contributed by atoms with Gasteiger partial charge in [-0.1, -0.05) is 42.5 Å². The van der Waals surface area contributed by atoms with E-state index in [1.165, 1.54) is 35.5 Å². The fraction of sp³-hybridized carbons (Fsp3) is 0.250. The van der Waals surface area contributed by atoms with Gasteiger partial charge in [0.2, 0.25) is 0 Å². The molecule has 2 aromatic heterocycles. The first-order valence-corrected chi connectivity index (χ1v) is 8.72. The molecule has 4 aromatic rings. The molecule has 5 nitrogen and oxygen atoms in total. The van der Waals surface area contributed by atoms with Gasteiger partial charge < -0.3 is 5.73 Å². The lowest BCUT2D eigenvalue weighted by Crippen LogP contribution is -2.03. The third-order valence-corrected chi connectivity index (χ3v) is 5.00. The minimum atomic E-state index is 0.516. The van der Waals surface area contributed by atoms with Crippen LogP contribution in [0, 0.1) is 5.92 Å². The Kier molecular flexibility index (Phi) is 3.20. The van der Waals surface area contributed by atoms with Crippen molar-refractivity contribution in [2.24, 2.45) is 5.92 Å². The Morgan fingerprint density at radius 2 is 1.88 bits per heavy atom. The zero-order valence-electron chi connectivity index (χ0n) is 13.9. The minimum Gasteiger partial charge on any atom is -0.383 e. The SMILES string of the molecule is Nc1ncnc2c1c(Cc1cccc3ccccc13)nn2CC1CC1. The Morgan fingerprint density at radius 3 is 2.76 bits per heavy atom. The quantitative estimate of drug-likeness (QED) is 0.621. The lowest BCUT2D eigenvalue weighted by atomic mass is 10.0. The Labute approximate surface area is 145 Å². The van der Waals surface area contributed by atoms with Gasteiger partial charge in [0.25, 0.3) is 0 Å². The second-order valence-electron chi connectivity index (χ2n) is 6.84. The number of aromatic nitrogens is 4. The first-order chi connectivity index (χ1) is 12.3. The summed E-state index contributed by atoms with van der Waals surface area (Å²) in [5.41, 5.74) is 9.25. The summed E-state index contributed by atoms with van der Waals surface area (Å²) in [7, 11) is 0. The number of nitrogens with zero attached hydrogens (tertiary/aromatic N) is 4. The summed E-state index contributed by atoms with van der Waals surface area (Å²) in [5.74, 6) is 1.24. The molecule has 5 rings (SSSR count). The van der Waals surface area contributed by atoms with Crippen LogP contribution >= 0.6 is 0 Å². The van der Waals surface area contributed by atoms with E-state index in [4.69, 9.17) is 10.8 Å². The zero-order chi connectivity index (χ0) is 16.8. The maximum absolute atomic E-state index is 6.18. The molecule has 2 N–H and O–H groups in total. The van der Waals surface area contributed by atoms with Crippen LogP contribution < -0.4 is 5.73 Å². The summed E-state index contributed by atoms with van der Waals surface area (Å²) in [5, 5.41) is 8.26. The highest BCUT2D eigenvalue weighted by Gasteiger charge is 2.25. The maximum atomic E-state index is 6.18. The molecule has 0 radical (unpaired) electrons. The molecule has 5 heteroatoms. The van der Waals surface area contributed by atoms with Crippen molar-refractivity contribution in [1.29, 1.82) is 0 Å². The first-order valence-electron chi connectivity index (χ1n) is 8.72. The van der Waals surface area contributed by atoms with E-state index in [2.05, 4.69) is 52.4 Å². The summed E-state index contributed by atoms with van der Waals surface area (Å²) in [4.78, 5) is 8.65. The zero-order valence-corrected chi connectivity index (χ0v) is 13.9. The van der Waals surface area contributed by atoms with Gasteiger partial charge in [-0.3, -0.25) is 0 Å². The Balaban J connectivity index is 1.64. The molecule has 1 aliphatic rings. The average molecular weight is 329 g/mol. The van der Waals surface area contributed by atoms with E-state index in [0.717, 1.165) is 35.6 Å². The molecule has 0 aliphatic heterocycles. The average Bonchev–Trinajstić information content (AvgIpc) is 3.38. The third kappa shape index (κ3) is 2.52. The van der Waals surface area contributed by atoms with Gasteiger partial charge in [-0.25, -0.2) is 14.6 Å². The fourth-order valence-electron chi connectivity index (χ4n) is 3.53. The topological polar surface area (TPSA) is 69.6 Å². The largest absolute Gasteiger partial charge is 0.383 e. The monoisotopic (exact) mass is 329 g/mol. The molecule has 0 bridgehead atoms. The van der Waals surface area contributed by atoms with E-state index in [0.29, 0.717) is 5.82 Å². The molecule has 0 saturated heterocycles. The van der Waals surface area contributed by atoms with Crippen molar-refractivity contribution in [1.82, 2.24) is 19.7 Å². The summed E-state index contributed by atoms with van der Waals surface area (Å²) in [6.45, 7) is 0.919. The number of nitrogens with two attached hydrogens (primary N) is 1. The van der Waals surface area contributed by atoms with E-state index < -0.39 is 0 Å². The van der Waals surface area contributed by atoms with E-state index in [9.17, 15) is 0 Å². The van der Waals surface area contributed by atoms with Crippen molar-refractivity contribution in [2.75, 3.05) is 5.73 Å². The number of hydrogen-bond acceptors (Lipinski definition) is 4. The van der Waals surface area contributed by atoms with Crippen molar-refractivity contribution < 1.29 is 0 Å². The predicted octanol–water partition coefficient (Wildman–Crippen LogP) is 3.56. The van der Waals surface area contributed by atoms with Crippen LogP contribution in [-0.2, 0) is 13.0 Å². The number of fused-ring (bicyclic) bond motifs is 2. The highest BCUT2D eigenvalue weighted by atomic mass is 15.3. The first kappa shape index (κ1) is 14.4. The number of hydrogen-bond donors (Lipinski definition) is 1. The van der Waals surface area contributed by atoms with E-state index in [1.54, 1.807) is 0 Å². The van der Waals surface area contributed by atoms with Gasteiger partial charge in [-0.2, -0.15) is 5.10 Å². The lowest BCUT2D eigenvalue weighted by molar-refractivity contribution is 0.570. The fourth-order valence-corrected chi connectivity index (χ4v) is 3.53. The normalized spacial score (nSPS) is 14.4. The van der Waals surface area contributed by atoms with Crippen LogP contribution in [0.4, 0.5) is 5.82 Å². The van der Waals surface area contributed by atoms with Gasteiger partial charge in [-0.05, 0) is 35.1 Å². The lowest BCUT2D eigenvalue weighted by Gasteiger charge is -2.05. The summed E-state index contributed by atoms with van der Waals surface area (Å²) >= 11 is 0.